The van der Waals surface area contributed by atoms with Crippen LogP contribution in [0.3, 0.4) is 0 Å². The lowest BCUT2D eigenvalue weighted by atomic mass is 10.1. The van der Waals surface area contributed by atoms with Gasteiger partial charge in [0.1, 0.15) is 0 Å². The zero-order chi connectivity index (χ0) is 31.9. The molecule has 0 amide bonds. The average molecular weight is 615 g/mol. The van der Waals surface area contributed by atoms with Crippen LogP contribution in [0, 0.1) is 0 Å². The van der Waals surface area contributed by atoms with Gasteiger partial charge in [-0.25, -0.2) is 14.6 Å². The van der Waals surface area contributed by atoms with Crippen molar-refractivity contribution in [1.29, 1.82) is 0 Å². The van der Waals surface area contributed by atoms with Crippen molar-refractivity contribution in [3.63, 3.8) is 0 Å². The molecule has 1 fully saturated rings. The Kier molecular flexibility index (Phi) is 10.5. The first-order valence-corrected chi connectivity index (χ1v) is 12.6. The number of piperazine rings is 1. The third-order valence-corrected chi connectivity index (χ3v) is 6.37. The fourth-order valence-electron chi connectivity index (χ4n) is 4.26. The minimum atomic E-state index is -5.08. The van der Waals surface area contributed by atoms with Crippen LogP contribution in [0.5, 0.6) is 0 Å². The SMILES string of the molecule is CN1CCN(Cc2cnn(C)c2)CC1c1ncn2cc(-c3ccccc3)ccc12.O=C(O)C(F)(F)F.O=C(O)C(F)(F)F. The van der Waals surface area contributed by atoms with Gasteiger partial charge in [0.05, 0.1) is 29.8 Å². The first kappa shape index (κ1) is 33.1. The van der Waals surface area contributed by atoms with Gasteiger partial charge < -0.3 is 14.6 Å². The van der Waals surface area contributed by atoms with Gasteiger partial charge in [0.2, 0.25) is 0 Å². The molecule has 1 aliphatic rings. The average Bonchev–Trinajstić information content (AvgIpc) is 3.55. The van der Waals surface area contributed by atoms with Gasteiger partial charge >= 0.3 is 24.3 Å². The van der Waals surface area contributed by atoms with Crippen molar-refractivity contribution in [1.82, 2.24) is 29.0 Å². The number of alkyl halides is 6. The van der Waals surface area contributed by atoms with Crippen LogP contribution in [0.2, 0.25) is 0 Å². The maximum Gasteiger partial charge on any atom is 0.490 e. The molecule has 0 bridgehead atoms. The van der Waals surface area contributed by atoms with Gasteiger partial charge in [-0.05, 0) is 24.2 Å². The van der Waals surface area contributed by atoms with Crippen molar-refractivity contribution in [2.75, 3.05) is 26.7 Å². The zero-order valence-electron chi connectivity index (χ0n) is 22.9. The van der Waals surface area contributed by atoms with Crippen LogP contribution >= 0.6 is 0 Å². The fourth-order valence-corrected chi connectivity index (χ4v) is 4.26. The molecule has 1 saturated heterocycles. The number of nitrogens with zero attached hydrogens (tertiary/aromatic N) is 6. The molecular weight excluding hydrogens is 586 g/mol. The molecule has 0 aliphatic carbocycles. The number of rotatable bonds is 4. The number of benzene rings is 1. The molecule has 1 unspecified atom stereocenters. The van der Waals surface area contributed by atoms with Gasteiger partial charge in [-0.15, -0.1) is 0 Å². The number of likely N-dealkylation sites (N-methyl/N-ethyl adjacent to an activating group) is 1. The quantitative estimate of drug-likeness (QED) is 0.323. The molecule has 0 saturated carbocycles. The monoisotopic (exact) mass is 614 g/mol. The summed E-state index contributed by atoms with van der Waals surface area (Å²) < 4.78 is 67.5. The van der Waals surface area contributed by atoms with E-state index in [1.165, 1.54) is 22.2 Å². The molecule has 5 rings (SSSR count). The summed E-state index contributed by atoms with van der Waals surface area (Å²) in [6.07, 6.45) is -1.97. The summed E-state index contributed by atoms with van der Waals surface area (Å²) in [6, 6.07) is 15.2. The van der Waals surface area contributed by atoms with Gasteiger partial charge in [0, 0.05) is 51.2 Å². The van der Waals surface area contributed by atoms with E-state index in [0.29, 0.717) is 0 Å². The molecule has 0 radical (unpaired) electrons. The number of fused-ring (bicyclic) bond motifs is 1. The highest BCUT2D eigenvalue weighted by molar-refractivity contribution is 5.73. The standard InChI is InChI=1S/C23H26N6.2C2HF3O2/c1-26-10-11-28(14-18-12-25-27(2)13-18)16-22(26)23-21-9-8-20(15-29(21)17-24-23)19-6-4-3-5-7-19;2*3-2(4,5)1(6)7/h3-9,12-13,15,17,22H,10-11,14,16H2,1-2H3;2*(H,6,7). The van der Waals surface area contributed by atoms with E-state index in [4.69, 9.17) is 24.8 Å². The number of aromatic nitrogens is 4. The second-order valence-corrected chi connectivity index (χ2v) is 9.57. The van der Waals surface area contributed by atoms with Crippen molar-refractivity contribution in [2.24, 2.45) is 7.05 Å². The van der Waals surface area contributed by atoms with E-state index < -0.39 is 24.3 Å². The molecule has 16 heteroatoms. The van der Waals surface area contributed by atoms with E-state index in [2.05, 4.69) is 75.1 Å². The minimum Gasteiger partial charge on any atom is -0.475 e. The molecule has 10 nitrogen and oxygen atoms in total. The molecule has 43 heavy (non-hydrogen) atoms. The third-order valence-electron chi connectivity index (χ3n) is 6.37. The maximum atomic E-state index is 10.6. The number of carboxylic acids is 2. The molecule has 0 spiro atoms. The molecule has 4 aromatic rings. The van der Waals surface area contributed by atoms with Crippen LogP contribution in [0.15, 0.2) is 67.4 Å². The highest BCUT2D eigenvalue weighted by Crippen LogP contribution is 2.29. The molecular formula is C27H28F6N6O4. The predicted octanol–water partition coefficient (Wildman–Crippen LogP) is 4.49. The Morgan fingerprint density at radius 3 is 2.02 bits per heavy atom. The van der Waals surface area contributed by atoms with E-state index >= 15 is 0 Å². The van der Waals surface area contributed by atoms with Crippen molar-refractivity contribution >= 4 is 17.5 Å². The molecule has 1 aromatic carbocycles. The number of imidazole rings is 1. The van der Waals surface area contributed by atoms with Crippen LogP contribution in [0.25, 0.3) is 16.6 Å². The Morgan fingerprint density at radius 1 is 0.884 bits per heavy atom. The second kappa shape index (κ2) is 13.7. The van der Waals surface area contributed by atoms with Crippen molar-refractivity contribution in [3.05, 3.63) is 78.6 Å². The molecule has 3 aromatic heterocycles. The summed E-state index contributed by atoms with van der Waals surface area (Å²) >= 11 is 0. The lowest BCUT2D eigenvalue weighted by Crippen LogP contribution is -2.46. The van der Waals surface area contributed by atoms with Gasteiger partial charge in [-0.1, -0.05) is 36.4 Å². The number of carbonyl (C=O) groups is 2. The highest BCUT2D eigenvalue weighted by Gasteiger charge is 2.39. The van der Waals surface area contributed by atoms with E-state index in [0.717, 1.165) is 31.9 Å². The summed E-state index contributed by atoms with van der Waals surface area (Å²) in [4.78, 5) is 27.5. The van der Waals surface area contributed by atoms with Crippen LogP contribution in [0.1, 0.15) is 17.3 Å². The molecule has 4 heterocycles. The fraction of sp³-hybridized carbons (Fsp3) is 0.333. The van der Waals surface area contributed by atoms with Gasteiger partial charge in [-0.2, -0.15) is 31.4 Å². The summed E-state index contributed by atoms with van der Waals surface area (Å²) in [5, 5.41) is 18.6. The first-order chi connectivity index (χ1) is 20.1. The summed E-state index contributed by atoms with van der Waals surface area (Å²) in [5.74, 6) is -5.51. The minimum absolute atomic E-state index is 0.285. The number of carboxylic acid groups (broad SMARTS) is 2. The topological polar surface area (TPSA) is 116 Å². The lowest BCUT2D eigenvalue weighted by molar-refractivity contribution is -0.193. The number of aryl methyl sites for hydroxylation is 1. The summed E-state index contributed by atoms with van der Waals surface area (Å²) in [7, 11) is 4.17. The van der Waals surface area contributed by atoms with Crippen LogP contribution < -0.4 is 0 Å². The van der Waals surface area contributed by atoms with Crippen molar-refractivity contribution in [3.8, 4) is 11.1 Å². The number of pyridine rings is 1. The summed E-state index contributed by atoms with van der Waals surface area (Å²) in [6.45, 7) is 4.00. The van der Waals surface area contributed by atoms with E-state index in [-0.39, 0.29) is 6.04 Å². The van der Waals surface area contributed by atoms with Crippen molar-refractivity contribution < 1.29 is 46.1 Å². The normalized spacial score (nSPS) is 16.1. The molecule has 1 atom stereocenters. The zero-order valence-corrected chi connectivity index (χ0v) is 22.9. The molecule has 2 N–H and O–H groups in total. The molecule has 1 aliphatic heterocycles. The Bertz CT molecular complexity index is 1500. The summed E-state index contributed by atoms with van der Waals surface area (Å²) in [5.41, 5.74) is 6.03. The van der Waals surface area contributed by atoms with Crippen LogP contribution in [-0.2, 0) is 23.2 Å². The van der Waals surface area contributed by atoms with Crippen molar-refractivity contribution in [2.45, 2.75) is 24.9 Å². The molecule has 232 valence electrons. The largest absolute Gasteiger partial charge is 0.490 e. The van der Waals surface area contributed by atoms with Gasteiger partial charge in [-0.3, -0.25) is 14.5 Å². The Morgan fingerprint density at radius 2 is 1.49 bits per heavy atom. The Balaban J connectivity index is 0.000000303. The van der Waals surface area contributed by atoms with Gasteiger partial charge in [0.25, 0.3) is 0 Å². The lowest BCUT2D eigenvalue weighted by Gasteiger charge is -2.38. The number of aliphatic carboxylic acids is 2. The van der Waals surface area contributed by atoms with E-state index in [1.54, 1.807) is 0 Å². The van der Waals surface area contributed by atoms with Gasteiger partial charge in [0.15, 0.2) is 0 Å². The Labute approximate surface area is 241 Å². The van der Waals surface area contributed by atoms with E-state index in [9.17, 15) is 26.3 Å². The second-order valence-electron chi connectivity index (χ2n) is 9.57. The highest BCUT2D eigenvalue weighted by atomic mass is 19.4. The third kappa shape index (κ3) is 9.27. The number of hydrogen-bond donors (Lipinski definition) is 2. The maximum absolute atomic E-state index is 10.6. The van der Waals surface area contributed by atoms with Crippen LogP contribution in [-0.4, -0.2) is 90.2 Å². The number of halogens is 6. The van der Waals surface area contributed by atoms with E-state index in [1.807, 2.05) is 30.3 Å². The number of hydrogen-bond acceptors (Lipinski definition) is 6. The van der Waals surface area contributed by atoms with Crippen LogP contribution in [0.4, 0.5) is 26.3 Å². The first-order valence-electron chi connectivity index (χ1n) is 12.6. The smallest absolute Gasteiger partial charge is 0.475 e. The Hall–Kier alpha value is -4.44. The predicted molar refractivity (Wildman–Crippen MR) is 142 cm³/mol.